The molecule has 0 amide bonds. The first kappa shape index (κ1) is 15.0. The SMILES string of the molecule is COc1cccc([C@H](C)NCc2ccc(O)c(O)c2O)c1. The highest BCUT2D eigenvalue weighted by atomic mass is 16.5. The summed E-state index contributed by atoms with van der Waals surface area (Å²) in [5.41, 5.74) is 1.57. The van der Waals surface area contributed by atoms with Gasteiger partial charge in [-0.15, -0.1) is 0 Å². The molecule has 112 valence electrons. The second-order valence-electron chi connectivity index (χ2n) is 4.82. The third-order valence-corrected chi connectivity index (χ3v) is 3.41. The number of phenols is 3. The third kappa shape index (κ3) is 3.38. The number of rotatable bonds is 5. The smallest absolute Gasteiger partial charge is 0.200 e. The second kappa shape index (κ2) is 6.37. The standard InChI is InChI=1S/C16H19NO4/c1-10(11-4-3-5-13(8-11)21-2)17-9-12-6-7-14(18)16(20)15(12)19/h3-8,10,17-20H,9H2,1-2H3/t10-/m0/s1. The van der Waals surface area contributed by atoms with Crippen LogP contribution in [-0.2, 0) is 6.54 Å². The number of hydrogen-bond acceptors (Lipinski definition) is 5. The van der Waals surface area contributed by atoms with Crippen LogP contribution in [0.15, 0.2) is 36.4 Å². The topological polar surface area (TPSA) is 82.0 Å². The molecule has 5 heteroatoms. The van der Waals surface area contributed by atoms with E-state index >= 15 is 0 Å². The first-order valence-electron chi connectivity index (χ1n) is 6.63. The van der Waals surface area contributed by atoms with Crippen molar-refractivity contribution in [3.05, 3.63) is 47.5 Å². The fraction of sp³-hybridized carbons (Fsp3) is 0.250. The number of hydrogen-bond donors (Lipinski definition) is 4. The maximum atomic E-state index is 9.77. The van der Waals surface area contributed by atoms with Crippen LogP contribution in [0.3, 0.4) is 0 Å². The lowest BCUT2D eigenvalue weighted by atomic mass is 10.1. The summed E-state index contributed by atoms with van der Waals surface area (Å²) in [4.78, 5) is 0. The van der Waals surface area contributed by atoms with Crippen molar-refractivity contribution in [3.8, 4) is 23.0 Å². The minimum absolute atomic E-state index is 0.0374. The van der Waals surface area contributed by atoms with Crippen molar-refractivity contribution >= 4 is 0 Å². The molecule has 2 aromatic rings. The Morgan fingerprint density at radius 2 is 1.86 bits per heavy atom. The van der Waals surface area contributed by atoms with Gasteiger partial charge in [0.25, 0.3) is 0 Å². The van der Waals surface area contributed by atoms with Gasteiger partial charge in [0.2, 0.25) is 5.75 Å². The largest absolute Gasteiger partial charge is 0.504 e. The fourth-order valence-corrected chi connectivity index (χ4v) is 2.05. The summed E-state index contributed by atoms with van der Waals surface area (Å²) in [6, 6.07) is 10.7. The number of nitrogens with one attached hydrogen (secondary N) is 1. The molecule has 0 saturated heterocycles. The molecule has 0 saturated carbocycles. The van der Waals surface area contributed by atoms with E-state index in [2.05, 4.69) is 5.32 Å². The van der Waals surface area contributed by atoms with Crippen molar-refractivity contribution in [2.24, 2.45) is 0 Å². The summed E-state index contributed by atoms with van der Waals surface area (Å²) in [5, 5.41) is 31.8. The molecule has 0 spiro atoms. The van der Waals surface area contributed by atoms with Gasteiger partial charge in [0.05, 0.1) is 7.11 Å². The first-order valence-corrected chi connectivity index (χ1v) is 6.63. The molecule has 2 rings (SSSR count). The molecule has 0 aliphatic rings. The monoisotopic (exact) mass is 289 g/mol. The molecule has 4 N–H and O–H groups in total. The Morgan fingerprint density at radius 1 is 1.10 bits per heavy atom. The van der Waals surface area contributed by atoms with E-state index in [0.717, 1.165) is 11.3 Å². The van der Waals surface area contributed by atoms with Gasteiger partial charge in [-0.25, -0.2) is 0 Å². The Kier molecular flexibility index (Phi) is 4.55. The lowest BCUT2D eigenvalue weighted by molar-refractivity contribution is 0.363. The quantitative estimate of drug-likeness (QED) is 0.636. The Hall–Kier alpha value is -2.40. The highest BCUT2D eigenvalue weighted by molar-refractivity contribution is 5.53. The Balaban J connectivity index is 2.07. The van der Waals surface area contributed by atoms with Gasteiger partial charge in [-0.1, -0.05) is 18.2 Å². The summed E-state index contributed by atoms with van der Waals surface area (Å²) >= 11 is 0. The molecule has 0 bridgehead atoms. The molecule has 0 unspecified atom stereocenters. The van der Waals surface area contributed by atoms with E-state index in [1.807, 2.05) is 31.2 Å². The maximum absolute atomic E-state index is 9.77. The van der Waals surface area contributed by atoms with E-state index < -0.39 is 5.75 Å². The summed E-state index contributed by atoms with van der Waals surface area (Å²) < 4.78 is 5.19. The molecule has 0 fully saturated rings. The number of benzene rings is 2. The predicted molar refractivity (Wildman–Crippen MR) is 79.7 cm³/mol. The van der Waals surface area contributed by atoms with Gasteiger partial charge >= 0.3 is 0 Å². The summed E-state index contributed by atoms with van der Waals surface area (Å²) in [6.07, 6.45) is 0. The van der Waals surface area contributed by atoms with E-state index in [1.165, 1.54) is 6.07 Å². The van der Waals surface area contributed by atoms with Crippen LogP contribution in [-0.4, -0.2) is 22.4 Å². The normalized spacial score (nSPS) is 12.1. The Morgan fingerprint density at radius 3 is 2.57 bits per heavy atom. The zero-order valence-corrected chi connectivity index (χ0v) is 12.0. The molecule has 2 aromatic carbocycles. The van der Waals surface area contributed by atoms with Crippen LogP contribution < -0.4 is 10.1 Å². The van der Waals surface area contributed by atoms with Gasteiger partial charge in [0, 0.05) is 18.2 Å². The van der Waals surface area contributed by atoms with Gasteiger partial charge in [0.15, 0.2) is 11.5 Å². The van der Waals surface area contributed by atoms with E-state index in [0.29, 0.717) is 12.1 Å². The predicted octanol–water partition coefficient (Wildman–Crippen LogP) is 2.66. The third-order valence-electron chi connectivity index (χ3n) is 3.41. The fourth-order valence-electron chi connectivity index (χ4n) is 2.05. The molecule has 1 atom stereocenters. The van der Waals surface area contributed by atoms with Gasteiger partial charge in [-0.3, -0.25) is 0 Å². The van der Waals surface area contributed by atoms with Gasteiger partial charge < -0.3 is 25.4 Å². The van der Waals surface area contributed by atoms with E-state index in [9.17, 15) is 15.3 Å². The lowest BCUT2D eigenvalue weighted by Gasteiger charge is -2.16. The van der Waals surface area contributed by atoms with E-state index in [-0.39, 0.29) is 17.5 Å². The number of phenolic OH excluding ortho intramolecular Hbond substituents is 3. The van der Waals surface area contributed by atoms with Crippen LogP contribution in [0.2, 0.25) is 0 Å². The molecule has 0 aromatic heterocycles. The molecule has 0 aliphatic carbocycles. The van der Waals surface area contributed by atoms with Gasteiger partial charge in [0.1, 0.15) is 5.75 Å². The van der Waals surface area contributed by atoms with Crippen LogP contribution in [0.25, 0.3) is 0 Å². The Bertz CT molecular complexity index is 628. The number of aromatic hydroxyl groups is 3. The van der Waals surface area contributed by atoms with Crippen LogP contribution in [0, 0.1) is 0 Å². The van der Waals surface area contributed by atoms with Gasteiger partial charge in [-0.05, 0) is 30.7 Å². The summed E-state index contributed by atoms with van der Waals surface area (Å²) in [5.74, 6) is -0.355. The first-order chi connectivity index (χ1) is 10.0. The average Bonchev–Trinajstić information content (AvgIpc) is 2.51. The van der Waals surface area contributed by atoms with Crippen molar-refractivity contribution in [1.29, 1.82) is 0 Å². The van der Waals surface area contributed by atoms with Crippen LogP contribution in [0.5, 0.6) is 23.0 Å². The lowest BCUT2D eigenvalue weighted by Crippen LogP contribution is -2.18. The van der Waals surface area contributed by atoms with Crippen LogP contribution in [0.4, 0.5) is 0 Å². The molecular formula is C16H19NO4. The average molecular weight is 289 g/mol. The van der Waals surface area contributed by atoms with E-state index in [4.69, 9.17) is 4.74 Å². The molecule has 0 aliphatic heterocycles. The molecule has 21 heavy (non-hydrogen) atoms. The van der Waals surface area contributed by atoms with Crippen molar-refractivity contribution < 1.29 is 20.1 Å². The van der Waals surface area contributed by atoms with E-state index in [1.54, 1.807) is 13.2 Å². The summed E-state index contributed by atoms with van der Waals surface area (Å²) in [6.45, 7) is 2.35. The van der Waals surface area contributed by atoms with Crippen molar-refractivity contribution in [1.82, 2.24) is 5.32 Å². The maximum Gasteiger partial charge on any atom is 0.200 e. The van der Waals surface area contributed by atoms with Crippen molar-refractivity contribution in [2.45, 2.75) is 19.5 Å². The minimum Gasteiger partial charge on any atom is -0.504 e. The summed E-state index contributed by atoms with van der Waals surface area (Å²) in [7, 11) is 1.62. The number of ether oxygens (including phenoxy) is 1. The molecule has 0 heterocycles. The second-order valence-corrected chi connectivity index (χ2v) is 4.82. The zero-order valence-electron chi connectivity index (χ0n) is 12.0. The minimum atomic E-state index is -0.497. The molecule has 0 radical (unpaired) electrons. The molecular weight excluding hydrogens is 270 g/mol. The van der Waals surface area contributed by atoms with Crippen LogP contribution in [0.1, 0.15) is 24.1 Å². The zero-order chi connectivity index (χ0) is 15.4. The van der Waals surface area contributed by atoms with Crippen molar-refractivity contribution in [3.63, 3.8) is 0 Å². The van der Waals surface area contributed by atoms with Crippen LogP contribution >= 0.6 is 0 Å². The highest BCUT2D eigenvalue weighted by Crippen LogP contribution is 2.37. The highest BCUT2D eigenvalue weighted by Gasteiger charge is 2.12. The van der Waals surface area contributed by atoms with Crippen molar-refractivity contribution in [2.75, 3.05) is 7.11 Å². The van der Waals surface area contributed by atoms with Gasteiger partial charge in [-0.2, -0.15) is 0 Å². The Labute approximate surface area is 123 Å². The number of methoxy groups -OCH3 is 1. The molecule has 5 nitrogen and oxygen atoms in total.